The molecule has 0 aromatic heterocycles. The zero-order valence-corrected chi connectivity index (χ0v) is 6.39. The lowest BCUT2D eigenvalue weighted by Gasteiger charge is -1.92. The lowest BCUT2D eigenvalue weighted by atomic mass is 10.4. The highest BCUT2D eigenvalue weighted by Crippen LogP contribution is 2.57. The number of alkyl halides is 2. The van der Waals surface area contributed by atoms with E-state index < -0.39 is 4.33 Å². The van der Waals surface area contributed by atoms with Gasteiger partial charge in [-0.3, -0.25) is 0 Å². The highest BCUT2D eigenvalue weighted by Gasteiger charge is 2.52. The van der Waals surface area contributed by atoms with E-state index >= 15 is 0 Å². The van der Waals surface area contributed by atoms with Crippen molar-refractivity contribution in [1.29, 1.82) is 0 Å². The second-order valence-electron chi connectivity index (χ2n) is 1.96. The molecule has 1 aliphatic carbocycles. The zero-order chi connectivity index (χ0) is 6.36. The van der Waals surface area contributed by atoms with Gasteiger partial charge in [-0.05, 0) is 6.42 Å². The highest BCUT2D eigenvalue weighted by molar-refractivity contribution is 6.52. The summed E-state index contributed by atoms with van der Waals surface area (Å²) in [5.74, 6) is 0.118. The summed E-state index contributed by atoms with van der Waals surface area (Å²) < 4.78 is -0.598. The van der Waals surface area contributed by atoms with Crippen molar-refractivity contribution < 1.29 is 0 Å². The molecular formula is C5H5Cl3. The Balaban J connectivity index is 2.48. The van der Waals surface area contributed by atoms with Gasteiger partial charge in [0.25, 0.3) is 0 Å². The molecule has 0 aromatic carbocycles. The van der Waals surface area contributed by atoms with Crippen molar-refractivity contribution in [2.75, 3.05) is 0 Å². The summed E-state index contributed by atoms with van der Waals surface area (Å²) in [6, 6.07) is 0. The van der Waals surface area contributed by atoms with Crippen LogP contribution >= 0.6 is 34.8 Å². The SMILES string of the molecule is C=C(Cl)C1CC1(Cl)Cl. The smallest absolute Gasteiger partial charge is 0.101 e. The quantitative estimate of drug-likeness (QED) is 0.532. The molecule has 0 spiro atoms. The van der Waals surface area contributed by atoms with Gasteiger partial charge in [0.2, 0.25) is 0 Å². The first-order chi connectivity index (χ1) is 3.54. The van der Waals surface area contributed by atoms with Gasteiger partial charge in [-0.25, -0.2) is 0 Å². The van der Waals surface area contributed by atoms with Crippen LogP contribution in [0.2, 0.25) is 0 Å². The molecule has 46 valence electrons. The first kappa shape index (κ1) is 6.73. The maximum atomic E-state index is 5.62. The first-order valence-electron chi connectivity index (χ1n) is 2.26. The van der Waals surface area contributed by atoms with Crippen molar-refractivity contribution in [3.63, 3.8) is 0 Å². The van der Waals surface area contributed by atoms with Gasteiger partial charge in [-0.1, -0.05) is 18.2 Å². The number of hydrogen-bond acceptors (Lipinski definition) is 0. The average Bonchev–Trinajstić information content (AvgIpc) is 2.13. The normalized spacial score (nSPS) is 32.1. The second-order valence-corrected chi connectivity index (χ2v) is 3.99. The Kier molecular flexibility index (Phi) is 1.51. The summed E-state index contributed by atoms with van der Waals surface area (Å²) >= 11 is 16.7. The minimum atomic E-state index is -0.598. The van der Waals surface area contributed by atoms with E-state index in [0.29, 0.717) is 5.03 Å². The van der Waals surface area contributed by atoms with Gasteiger partial charge in [0.1, 0.15) is 4.33 Å². The fraction of sp³-hybridized carbons (Fsp3) is 0.600. The van der Waals surface area contributed by atoms with Crippen molar-refractivity contribution >= 4 is 34.8 Å². The van der Waals surface area contributed by atoms with Crippen LogP contribution in [0.25, 0.3) is 0 Å². The summed E-state index contributed by atoms with van der Waals surface area (Å²) in [5, 5.41) is 0.565. The molecule has 0 amide bonds. The molecule has 1 rings (SSSR count). The van der Waals surface area contributed by atoms with Gasteiger partial charge >= 0.3 is 0 Å². The van der Waals surface area contributed by atoms with Gasteiger partial charge in [0, 0.05) is 11.0 Å². The van der Waals surface area contributed by atoms with Gasteiger partial charge in [0.05, 0.1) is 0 Å². The van der Waals surface area contributed by atoms with Crippen LogP contribution in [-0.2, 0) is 0 Å². The van der Waals surface area contributed by atoms with Crippen molar-refractivity contribution in [2.24, 2.45) is 5.92 Å². The van der Waals surface area contributed by atoms with E-state index in [4.69, 9.17) is 34.8 Å². The Bertz CT molecular complexity index is 128. The summed E-state index contributed by atoms with van der Waals surface area (Å²) in [5.41, 5.74) is 0. The molecule has 1 atom stereocenters. The molecule has 0 nitrogen and oxygen atoms in total. The van der Waals surface area contributed by atoms with Gasteiger partial charge in [-0.2, -0.15) is 0 Å². The van der Waals surface area contributed by atoms with Crippen molar-refractivity contribution in [3.05, 3.63) is 11.6 Å². The molecule has 1 unspecified atom stereocenters. The Labute approximate surface area is 63.4 Å². The molecule has 1 aliphatic rings. The topological polar surface area (TPSA) is 0 Å². The minimum absolute atomic E-state index is 0.118. The Hall–Kier alpha value is 0.610. The maximum Gasteiger partial charge on any atom is 0.126 e. The molecule has 0 aliphatic heterocycles. The Morgan fingerprint density at radius 1 is 1.62 bits per heavy atom. The number of rotatable bonds is 1. The van der Waals surface area contributed by atoms with Crippen molar-refractivity contribution in [3.8, 4) is 0 Å². The van der Waals surface area contributed by atoms with E-state index in [0.717, 1.165) is 6.42 Å². The molecule has 1 saturated carbocycles. The van der Waals surface area contributed by atoms with Crippen LogP contribution in [0.5, 0.6) is 0 Å². The molecule has 1 fully saturated rings. The van der Waals surface area contributed by atoms with E-state index in [1.807, 2.05) is 0 Å². The number of halogens is 3. The van der Waals surface area contributed by atoms with Crippen LogP contribution < -0.4 is 0 Å². The zero-order valence-electron chi connectivity index (χ0n) is 4.13. The highest BCUT2D eigenvalue weighted by atomic mass is 35.5. The van der Waals surface area contributed by atoms with Crippen molar-refractivity contribution in [2.45, 2.75) is 10.8 Å². The average molecular weight is 171 g/mol. The van der Waals surface area contributed by atoms with Gasteiger partial charge in [0.15, 0.2) is 0 Å². The molecular weight excluding hydrogens is 166 g/mol. The van der Waals surface area contributed by atoms with Gasteiger partial charge in [-0.15, -0.1) is 23.2 Å². The molecule has 3 heteroatoms. The Morgan fingerprint density at radius 2 is 2.00 bits per heavy atom. The van der Waals surface area contributed by atoms with E-state index in [1.54, 1.807) is 0 Å². The number of hydrogen-bond donors (Lipinski definition) is 0. The molecule has 0 bridgehead atoms. The van der Waals surface area contributed by atoms with Crippen LogP contribution in [0, 0.1) is 5.92 Å². The van der Waals surface area contributed by atoms with Gasteiger partial charge < -0.3 is 0 Å². The van der Waals surface area contributed by atoms with E-state index in [-0.39, 0.29) is 5.92 Å². The first-order valence-corrected chi connectivity index (χ1v) is 3.39. The molecule has 0 heterocycles. The summed E-state index contributed by atoms with van der Waals surface area (Å²) in [6.45, 7) is 3.51. The van der Waals surface area contributed by atoms with E-state index in [9.17, 15) is 0 Å². The summed E-state index contributed by atoms with van der Waals surface area (Å²) in [7, 11) is 0. The van der Waals surface area contributed by atoms with E-state index in [2.05, 4.69) is 6.58 Å². The standard InChI is InChI=1S/C5H5Cl3/c1-3(6)4-2-5(4,7)8/h4H,1-2H2. The van der Waals surface area contributed by atoms with Crippen LogP contribution in [0.3, 0.4) is 0 Å². The fourth-order valence-electron chi connectivity index (χ4n) is 0.553. The fourth-order valence-corrected chi connectivity index (χ4v) is 1.50. The minimum Gasteiger partial charge on any atom is -0.101 e. The van der Waals surface area contributed by atoms with Crippen LogP contribution in [0.1, 0.15) is 6.42 Å². The molecule has 0 radical (unpaired) electrons. The maximum absolute atomic E-state index is 5.62. The van der Waals surface area contributed by atoms with Crippen LogP contribution in [0.4, 0.5) is 0 Å². The molecule has 0 N–H and O–H groups in total. The predicted octanol–water partition coefficient (Wildman–Crippen LogP) is 2.93. The second kappa shape index (κ2) is 1.80. The van der Waals surface area contributed by atoms with Crippen LogP contribution in [0.15, 0.2) is 11.6 Å². The molecule has 0 aromatic rings. The predicted molar refractivity (Wildman–Crippen MR) is 37.5 cm³/mol. The molecule has 0 saturated heterocycles. The lowest BCUT2D eigenvalue weighted by molar-refractivity contribution is 1.07. The van der Waals surface area contributed by atoms with Crippen molar-refractivity contribution in [1.82, 2.24) is 0 Å². The summed E-state index contributed by atoms with van der Waals surface area (Å²) in [4.78, 5) is 0. The van der Waals surface area contributed by atoms with Crippen LogP contribution in [-0.4, -0.2) is 4.33 Å². The largest absolute Gasteiger partial charge is 0.126 e. The third-order valence-electron chi connectivity index (χ3n) is 1.20. The molecule has 8 heavy (non-hydrogen) atoms. The monoisotopic (exact) mass is 170 g/mol. The third-order valence-corrected chi connectivity index (χ3v) is 2.30. The Morgan fingerprint density at radius 3 is 2.00 bits per heavy atom. The summed E-state index contributed by atoms with van der Waals surface area (Å²) in [6.07, 6.45) is 0.748. The number of allylic oxidation sites excluding steroid dienone is 1. The lowest BCUT2D eigenvalue weighted by Crippen LogP contribution is -1.87. The van der Waals surface area contributed by atoms with E-state index in [1.165, 1.54) is 0 Å². The third kappa shape index (κ3) is 1.12.